The van der Waals surface area contributed by atoms with Crippen molar-refractivity contribution in [1.82, 2.24) is 4.90 Å². The second-order valence-corrected chi connectivity index (χ2v) is 6.48. The fraction of sp³-hybridized carbons (Fsp3) is 0.381. The van der Waals surface area contributed by atoms with E-state index in [4.69, 9.17) is 9.47 Å². The monoisotopic (exact) mass is 355 g/mol. The molecule has 1 aliphatic heterocycles. The number of likely N-dealkylation sites (tertiary alicyclic amines) is 1. The number of hydrogen-bond acceptors (Lipinski definition) is 4. The highest BCUT2D eigenvalue weighted by molar-refractivity contribution is 5.74. The third kappa shape index (κ3) is 3.53. The third-order valence-corrected chi connectivity index (χ3v) is 5.00. The van der Waals surface area contributed by atoms with Crippen LogP contribution in [0.2, 0.25) is 0 Å². The Kier molecular flexibility index (Phi) is 5.78. The molecule has 1 aliphatic rings. The van der Waals surface area contributed by atoms with Crippen LogP contribution in [0.4, 0.5) is 0 Å². The van der Waals surface area contributed by atoms with Crippen LogP contribution >= 0.6 is 0 Å². The lowest BCUT2D eigenvalue weighted by atomic mass is 9.91. The maximum absolute atomic E-state index is 11.9. The van der Waals surface area contributed by atoms with Gasteiger partial charge in [0, 0.05) is 5.56 Å². The molecule has 0 amide bonds. The minimum absolute atomic E-state index is 0.206. The summed E-state index contributed by atoms with van der Waals surface area (Å²) in [6, 6.07) is 15.1. The lowest BCUT2D eigenvalue weighted by Gasteiger charge is -2.40. The largest absolute Gasteiger partial charge is 0.493 e. The number of carboxylic acids is 1. The van der Waals surface area contributed by atoms with E-state index in [-0.39, 0.29) is 6.04 Å². The molecule has 0 aliphatic carbocycles. The van der Waals surface area contributed by atoms with Crippen molar-refractivity contribution < 1.29 is 19.4 Å². The molecule has 1 fully saturated rings. The molecule has 0 saturated carbocycles. The van der Waals surface area contributed by atoms with Crippen LogP contribution in [0.15, 0.2) is 48.5 Å². The third-order valence-electron chi connectivity index (χ3n) is 5.00. The molecule has 2 unspecified atom stereocenters. The number of carboxylic acid groups (broad SMARTS) is 1. The molecular weight excluding hydrogens is 330 g/mol. The molecule has 2 aromatic rings. The number of piperidine rings is 1. The van der Waals surface area contributed by atoms with Crippen molar-refractivity contribution in [3.05, 3.63) is 59.7 Å². The maximum Gasteiger partial charge on any atom is 0.320 e. The molecular formula is C21H25NO4. The van der Waals surface area contributed by atoms with Gasteiger partial charge < -0.3 is 14.6 Å². The van der Waals surface area contributed by atoms with Crippen LogP contribution in [0, 0.1) is 0 Å². The average molecular weight is 355 g/mol. The van der Waals surface area contributed by atoms with Crippen molar-refractivity contribution in [2.45, 2.75) is 31.3 Å². The number of nitrogens with zero attached hydrogens (tertiary/aromatic N) is 1. The molecule has 26 heavy (non-hydrogen) atoms. The van der Waals surface area contributed by atoms with Crippen molar-refractivity contribution in [3.63, 3.8) is 0 Å². The Morgan fingerprint density at radius 3 is 2.50 bits per heavy atom. The van der Waals surface area contributed by atoms with Crippen LogP contribution in [0.1, 0.15) is 36.4 Å². The van der Waals surface area contributed by atoms with Crippen molar-refractivity contribution in [3.8, 4) is 11.5 Å². The van der Waals surface area contributed by atoms with Gasteiger partial charge in [0.25, 0.3) is 0 Å². The first-order valence-electron chi connectivity index (χ1n) is 8.91. The van der Waals surface area contributed by atoms with Crippen molar-refractivity contribution in [2.75, 3.05) is 20.8 Å². The first kappa shape index (κ1) is 18.3. The Bertz CT molecular complexity index is 747. The van der Waals surface area contributed by atoms with Crippen LogP contribution < -0.4 is 9.47 Å². The number of benzene rings is 2. The standard InChI is InChI=1S/C21H25NO4/c1-25-18-13-8-11-16(20(18)26-2)19(15-9-4-3-5-10-15)22-14-7-6-12-17(22)21(23)24/h3-5,8-11,13,17,19H,6-7,12,14H2,1-2H3,(H,23,24). The maximum atomic E-state index is 11.9. The van der Waals surface area contributed by atoms with E-state index in [0.717, 1.165) is 30.5 Å². The van der Waals surface area contributed by atoms with Gasteiger partial charge in [0.2, 0.25) is 0 Å². The predicted molar refractivity (Wildman–Crippen MR) is 99.8 cm³/mol. The summed E-state index contributed by atoms with van der Waals surface area (Å²) in [5, 5.41) is 9.78. The number of hydrogen-bond donors (Lipinski definition) is 1. The van der Waals surface area contributed by atoms with Crippen LogP contribution in [-0.4, -0.2) is 42.8 Å². The molecule has 1 saturated heterocycles. The van der Waals surface area contributed by atoms with E-state index in [1.807, 2.05) is 48.5 Å². The van der Waals surface area contributed by atoms with Crippen LogP contribution in [0.5, 0.6) is 11.5 Å². The van der Waals surface area contributed by atoms with E-state index in [2.05, 4.69) is 4.90 Å². The number of para-hydroxylation sites is 1. The van der Waals surface area contributed by atoms with Gasteiger partial charge in [-0.1, -0.05) is 48.9 Å². The van der Waals surface area contributed by atoms with Crippen LogP contribution in [-0.2, 0) is 4.79 Å². The van der Waals surface area contributed by atoms with Gasteiger partial charge in [0.05, 0.1) is 20.3 Å². The molecule has 0 radical (unpaired) electrons. The van der Waals surface area contributed by atoms with Crippen molar-refractivity contribution in [1.29, 1.82) is 0 Å². The van der Waals surface area contributed by atoms with E-state index in [9.17, 15) is 9.90 Å². The fourth-order valence-corrected chi connectivity index (χ4v) is 3.84. The summed E-state index contributed by atoms with van der Waals surface area (Å²) < 4.78 is 11.1. The highest BCUT2D eigenvalue weighted by Crippen LogP contribution is 2.42. The zero-order valence-electron chi connectivity index (χ0n) is 15.2. The summed E-state index contributed by atoms with van der Waals surface area (Å²) >= 11 is 0. The summed E-state index contributed by atoms with van der Waals surface area (Å²) in [6.07, 6.45) is 2.58. The van der Waals surface area contributed by atoms with E-state index in [0.29, 0.717) is 17.9 Å². The van der Waals surface area contributed by atoms with Gasteiger partial charge in [0.15, 0.2) is 11.5 Å². The minimum atomic E-state index is -0.771. The van der Waals surface area contributed by atoms with Gasteiger partial charge in [0.1, 0.15) is 6.04 Å². The number of ether oxygens (including phenoxy) is 2. The number of aliphatic carboxylic acids is 1. The predicted octanol–water partition coefficient (Wildman–Crippen LogP) is 3.73. The highest BCUT2D eigenvalue weighted by atomic mass is 16.5. The SMILES string of the molecule is COc1cccc(C(c2ccccc2)N2CCCCC2C(=O)O)c1OC. The summed E-state index contributed by atoms with van der Waals surface area (Å²) in [7, 11) is 3.23. The second kappa shape index (κ2) is 8.23. The molecule has 5 heteroatoms. The Hall–Kier alpha value is -2.53. The summed E-state index contributed by atoms with van der Waals surface area (Å²) in [5.74, 6) is 0.529. The normalized spacial score (nSPS) is 18.9. The van der Waals surface area contributed by atoms with Gasteiger partial charge in [-0.25, -0.2) is 0 Å². The highest BCUT2D eigenvalue weighted by Gasteiger charge is 2.36. The first-order valence-corrected chi connectivity index (χ1v) is 8.91. The van der Waals surface area contributed by atoms with Gasteiger partial charge in [-0.15, -0.1) is 0 Å². The molecule has 1 N–H and O–H groups in total. The number of rotatable bonds is 6. The van der Waals surface area contributed by atoms with E-state index in [1.54, 1.807) is 14.2 Å². The molecule has 0 bridgehead atoms. The molecule has 5 nitrogen and oxygen atoms in total. The first-order chi connectivity index (χ1) is 12.7. The number of carbonyl (C=O) groups is 1. The average Bonchev–Trinajstić information content (AvgIpc) is 2.69. The van der Waals surface area contributed by atoms with E-state index in [1.165, 1.54) is 0 Å². The smallest absolute Gasteiger partial charge is 0.320 e. The molecule has 3 rings (SSSR count). The number of methoxy groups -OCH3 is 2. The molecule has 0 spiro atoms. The van der Waals surface area contributed by atoms with Gasteiger partial charge >= 0.3 is 5.97 Å². The Morgan fingerprint density at radius 2 is 1.85 bits per heavy atom. The lowest BCUT2D eigenvalue weighted by Crippen LogP contribution is -2.46. The van der Waals surface area contributed by atoms with E-state index >= 15 is 0 Å². The zero-order valence-corrected chi connectivity index (χ0v) is 15.2. The topological polar surface area (TPSA) is 59.0 Å². The molecule has 1 heterocycles. The Morgan fingerprint density at radius 1 is 1.08 bits per heavy atom. The molecule has 2 atom stereocenters. The van der Waals surface area contributed by atoms with Crippen LogP contribution in [0.25, 0.3) is 0 Å². The summed E-state index contributed by atoms with van der Waals surface area (Å²) in [5.41, 5.74) is 1.97. The van der Waals surface area contributed by atoms with Crippen molar-refractivity contribution in [2.24, 2.45) is 0 Å². The molecule has 0 aromatic heterocycles. The van der Waals surface area contributed by atoms with Gasteiger partial charge in [-0.3, -0.25) is 9.69 Å². The zero-order chi connectivity index (χ0) is 18.5. The summed E-state index contributed by atoms with van der Waals surface area (Å²) in [4.78, 5) is 14.0. The van der Waals surface area contributed by atoms with Gasteiger partial charge in [-0.05, 0) is 31.0 Å². The second-order valence-electron chi connectivity index (χ2n) is 6.48. The Labute approximate surface area is 154 Å². The molecule has 138 valence electrons. The van der Waals surface area contributed by atoms with E-state index < -0.39 is 12.0 Å². The van der Waals surface area contributed by atoms with Crippen LogP contribution in [0.3, 0.4) is 0 Å². The minimum Gasteiger partial charge on any atom is -0.493 e. The lowest BCUT2D eigenvalue weighted by molar-refractivity contribution is -0.145. The molecule has 2 aromatic carbocycles. The quantitative estimate of drug-likeness (QED) is 0.855. The fourth-order valence-electron chi connectivity index (χ4n) is 3.84. The summed E-state index contributed by atoms with van der Waals surface area (Å²) in [6.45, 7) is 0.733. The Balaban J connectivity index is 2.15. The van der Waals surface area contributed by atoms with Crippen molar-refractivity contribution >= 4 is 5.97 Å². The van der Waals surface area contributed by atoms with Gasteiger partial charge in [-0.2, -0.15) is 0 Å².